The molecule has 15 nitrogen and oxygen atoms in total. The van der Waals surface area contributed by atoms with E-state index in [9.17, 15) is 33.2 Å². The molecule has 4 heterocycles. The number of likely N-dealkylation sites (tertiary alicyclic amines) is 2. The fourth-order valence-electron chi connectivity index (χ4n) is 7.40. The summed E-state index contributed by atoms with van der Waals surface area (Å²) in [6.45, 7) is 6.48. The summed E-state index contributed by atoms with van der Waals surface area (Å²) < 4.78 is 38.8. The van der Waals surface area contributed by atoms with Gasteiger partial charge in [-0.3, -0.25) is 9.59 Å². The first-order chi connectivity index (χ1) is 28.6. The number of carbonyl (C=O) groups is 4. The summed E-state index contributed by atoms with van der Waals surface area (Å²) in [5, 5.41) is 14.8. The third kappa shape index (κ3) is 9.58. The van der Waals surface area contributed by atoms with E-state index in [1.807, 2.05) is 62.4 Å². The van der Waals surface area contributed by atoms with E-state index < -0.39 is 67.1 Å². The maximum absolute atomic E-state index is 14.7. The first-order valence-electron chi connectivity index (χ1n) is 19.5. The van der Waals surface area contributed by atoms with E-state index >= 15 is 0 Å². The van der Waals surface area contributed by atoms with Gasteiger partial charge in [0.1, 0.15) is 23.7 Å². The molecule has 0 aliphatic carbocycles. The van der Waals surface area contributed by atoms with Gasteiger partial charge in [-0.25, -0.2) is 28.3 Å². The van der Waals surface area contributed by atoms with Crippen LogP contribution in [0.2, 0.25) is 0 Å². The number of nitrogens with zero attached hydrogens (tertiary/aromatic N) is 5. The predicted molar refractivity (Wildman–Crippen MR) is 215 cm³/mol. The Morgan fingerprint density at radius 3 is 1.65 bits per heavy atom. The molecular formula is C43H47F2N9O6. The fourth-order valence-corrected chi connectivity index (χ4v) is 7.40. The van der Waals surface area contributed by atoms with Gasteiger partial charge in [-0.15, -0.1) is 0 Å². The van der Waals surface area contributed by atoms with Crippen LogP contribution in [-0.2, 0) is 19.1 Å². The van der Waals surface area contributed by atoms with Crippen LogP contribution < -0.4 is 10.6 Å². The van der Waals surface area contributed by atoms with Gasteiger partial charge in [0.2, 0.25) is 11.8 Å². The number of nitriles is 1. The monoisotopic (exact) mass is 823 g/mol. The van der Waals surface area contributed by atoms with Crippen molar-refractivity contribution in [3.05, 3.63) is 83.7 Å². The highest BCUT2D eigenvalue weighted by molar-refractivity contribution is 5.87. The van der Waals surface area contributed by atoms with E-state index in [4.69, 9.17) is 4.74 Å². The van der Waals surface area contributed by atoms with E-state index in [1.54, 1.807) is 24.9 Å². The van der Waals surface area contributed by atoms with Crippen LogP contribution in [0, 0.1) is 40.9 Å². The van der Waals surface area contributed by atoms with Gasteiger partial charge in [0.15, 0.2) is 0 Å². The van der Waals surface area contributed by atoms with Gasteiger partial charge < -0.3 is 39.9 Å². The van der Waals surface area contributed by atoms with Gasteiger partial charge in [0.25, 0.3) is 5.92 Å². The molecule has 4 aromatic rings. The molecule has 0 spiro atoms. The molecule has 2 aliphatic rings. The number of methoxy groups -OCH3 is 2. The van der Waals surface area contributed by atoms with Crippen LogP contribution in [0.25, 0.3) is 22.5 Å². The van der Waals surface area contributed by atoms with E-state index in [2.05, 4.69) is 53.2 Å². The third-order valence-electron chi connectivity index (χ3n) is 10.7. The Bertz CT molecular complexity index is 2310. The summed E-state index contributed by atoms with van der Waals surface area (Å²) in [4.78, 5) is 69.0. The molecule has 5 atom stereocenters. The number of alkyl carbamates (subject to hydrolysis) is 2. The Hall–Kier alpha value is -6.75. The molecule has 314 valence electrons. The molecule has 2 saturated heterocycles. The predicted octanol–water partition coefficient (Wildman–Crippen LogP) is 5.95. The van der Waals surface area contributed by atoms with Gasteiger partial charge in [-0.1, -0.05) is 63.8 Å². The van der Waals surface area contributed by atoms with Crippen LogP contribution in [-0.4, -0.2) is 99.1 Å². The van der Waals surface area contributed by atoms with Crippen molar-refractivity contribution in [2.45, 2.75) is 70.6 Å². The minimum atomic E-state index is -3.14. The minimum absolute atomic E-state index is 0.211. The number of ether oxygens (including phenoxy) is 2. The number of amides is 4. The number of rotatable bonds is 10. The lowest BCUT2D eigenvalue weighted by Crippen LogP contribution is -2.51. The van der Waals surface area contributed by atoms with Crippen LogP contribution in [0.15, 0.2) is 60.9 Å². The normalized spacial score (nSPS) is 19.2. The zero-order valence-electron chi connectivity index (χ0n) is 34.1. The summed E-state index contributed by atoms with van der Waals surface area (Å²) in [6.07, 6.45) is 1.46. The smallest absolute Gasteiger partial charge is 0.407 e. The number of H-pyrrole nitrogens is 2. The molecule has 6 rings (SSSR count). The summed E-state index contributed by atoms with van der Waals surface area (Å²) in [7, 11) is 2.40. The summed E-state index contributed by atoms with van der Waals surface area (Å²) in [6, 6.07) is 13.7. The highest BCUT2D eigenvalue weighted by Crippen LogP contribution is 2.41. The number of alkyl halides is 2. The zero-order chi connectivity index (χ0) is 43.3. The maximum atomic E-state index is 14.7. The lowest BCUT2D eigenvalue weighted by atomic mass is 10.0. The quantitative estimate of drug-likeness (QED) is 0.140. The van der Waals surface area contributed by atoms with Gasteiger partial charge in [-0.05, 0) is 53.6 Å². The number of nitrogens with one attached hydrogen (secondary N) is 4. The summed E-state index contributed by atoms with van der Waals surface area (Å²) in [5.41, 5.74) is 4.37. The van der Waals surface area contributed by atoms with Crippen LogP contribution in [0.3, 0.4) is 0 Å². The first-order valence-corrected chi connectivity index (χ1v) is 19.5. The average Bonchev–Trinajstić information content (AvgIpc) is 4.06. The first kappa shape index (κ1) is 42.8. The molecular weight excluding hydrogens is 777 g/mol. The SMILES string of the molecule is COC(=O)N[C@H](C(=O)N1C[C@@H](C#N)C[C@H]1c1ncc(-c2ccc(C#Cc3ccc(-c4cnc([C@@H]5CC(F)(F)CN5C(=O)[C@@H](NC(=O)OC)C(C)C)[nH]4)cc3)cc2)[nH]1)C(C)C. The van der Waals surface area contributed by atoms with Crippen LogP contribution in [0.4, 0.5) is 18.4 Å². The van der Waals surface area contributed by atoms with Crippen molar-refractivity contribution in [1.82, 2.24) is 40.4 Å². The molecule has 4 amide bonds. The van der Waals surface area contributed by atoms with E-state index in [1.165, 1.54) is 13.3 Å². The molecule has 2 aliphatic heterocycles. The molecule has 0 bridgehead atoms. The molecule has 0 saturated carbocycles. The molecule has 2 fully saturated rings. The van der Waals surface area contributed by atoms with Crippen molar-refractivity contribution in [2.75, 3.05) is 27.3 Å². The Balaban J connectivity index is 1.11. The highest BCUT2D eigenvalue weighted by Gasteiger charge is 2.50. The maximum Gasteiger partial charge on any atom is 0.407 e. The van der Waals surface area contributed by atoms with Crippen LogP contribution in [0.1, 0.15) is 75.4 Å². The number of imidazole rings is 2. The fraction of sp³-hybridized carbons (Fsp3) is 0.419. The van der Waals surface area contributed by atoms with Crippen molar-refractivity contribution < 1.29 is 37.4 Å². The Labute approximate surface area is 346 Å². The van der Waals surface area contributed by atoms with E-state index in [0.717, 1.165) is 40.0 Å². The van der Waals surface area contributed by atoms with E-state index in [0.29, 0.717) is 17.9 Å². The number of benzene rings is 2. The van der Waals surface area contributed by atoms with Gasteiger partial charge in [-0.2, -0.15) is 5.26 Å². The summed E-state index contributed by atoms with van der Waals surface area (Å²) in [5.74, 6) is 1.97. The zero-order valence-corrected chi connectivity index (χ0v) is 34.1. The second kappa shape index (κ2) is 18.0. The van der Waals surface area contributed by atoms with Crippen LogP contribution >= 0.6 is 0 Å². The van der Waals surface area contributed by atoms with Crippen LogP contribution in [0.5, 0.6) is 0 Å². The number of hydrogen-bond donors (Lipinski definition) is 4. The molecule has 60 heavy (non-hydrogen) atoms. The lowest BCUT2D eigenvalue weighted by molar-refractivity contribution is -0.137. The third-order valence-corrected chi connectivity index (χ3v) is 10.7. The molecule has 0 unspecified atom stereocenters. The molecule has 2 aromatic heterocycles. The highest BCUT2D eigenvalue weighted by atomic mass is 19.3. The number of halogens is 2. The van der Waals surface area contributed by atoms with E-state index in [-0.39, 0.29) is 30.1 Å². The number of carbonyl (C=O) groups excluding carboxylic acids is 4. The molecule has 17 heteroatoms. The Kier molecular flexibility index (Phi) is 12.9. The van der Waals surface area contributed by atoms with Gasteiger partial charge >= 0.3 is 12.2 Å². The second-order valence-corrected chi connectivity index (χ2v) is 15.6. The van der Waals surface area contributed by atoms with Crippen molar-refractivity contribution in [2.24, 2.45) is 17.8 Å². The second-order valence-electron chi connectivity index (χ2n) is 15.6. The van der Waals surface area contributed by atoms with Gasteiger partial charge in [0, 0.05) is 24.1 Å². The standard InChI is InChI=1S/C43H47F2N9O6/c1-24(2)35(51-41(57)59-5)39(55)53-22-28(19-46)17-33(53)37-47-20-31(49-37)29-13-9-26(10-14-29)7-8-27-11-15-30(16-12-27)32-21-48-38(50-32)34-18-43(44,45)23-54(34)40(56)36(25(3)4)52-42(58)60-6/h9-16,20-21,24-25,28,33-36H,17-18,22-23H2,1-6H3,(H,47,49)(H,48,50)(H,51,57)(H,52,58)/t28-,33+,34+,35+,36+/m1/s1. The minimum Gasteiger partial charge on any atom is -0.453 e. The number of hydrogen-bond acceptors (Lipinski definition) is 9. The average molecular weight is 824 g/mol. The Morgan fingerprint density at radius 2 is 1.22 bits per heavy atom. The lowest BCUT2D eigenvalue weighted by Gasteiger charge is -2.29. The molecule has 0 radical (unpaired) electrons. The van der Waals surface area contributed by atoms with Crippen molar-refractivity contribution in [3.8, 4) is 40.4 Å². The summed E-state index contributed by atoms with van der Waals surface area (Å²) >= 11 is 0. The van der Waals surface area contributed by atoms with Gasteiger partial charge in [0.05, 0.1) is 68.6 Å². The molecule has 2 aromatic carbocycles. The van der Waals surface area contributed by atoms with Crippen molar-refractivity contribution >= 4 is 24.0 Å². The molecule has 4 N–H and O–H groups in total. The largest absolute Gasteiger partial charge is 0.453 e. The Morgan fingerprint density at radius 1 is 0.767 bits per heavy atom. The number of aromatic amines is 2. The van der Waals surface area contributed by atoms with Crippen molar-refractivity contribution in [3.63, 3.8) is 0 Å². The van der Waals surface area contributed by atoms with Crippen molar-refractivity contribution in [1.29, 1.82) is 5.26 Å². The number of aromatic nitrogens is 4. The topological polar surface area (TPSA) is 198 Å².